The zero-order chi connectivity index (χ0) is 17.3. The molecular weight excluding hydrogens is 308 g/mol. The maximum atomic E-state index is 12.3. The monoisotopic (exact) mass is 335 g/mol. The Kier molecular flexibility index (Phi) is 4.99. The third-order valence-corrected chi connectivity index (χ3v) is 5.53. The normalized spacial score (nSPS) is 27.5. The fraction of sp³-hybridized carbons (Fsp3) is 0.765. The number of carbonyl (C=O) groups excluding carboxylic acids is 3. The molecule has 1 atom stereocenters. The highest BCUT2D eigenvalue weighted by Gasteiger charge is 2.42. The number of nitrogens with zero attached hydrogens (tertiary/aromatic N) is 3. The van der Waals surface area contributed by atoms with Gasteiger partial charge in [-0.3, -0.25) is 9.69 Å². The van der Waals surface area contributed by atoms with E-state index in [9.17, 15) is 14.4 Å². The first kappa shape index (κ1) is 17.1. The van der Waals surface area contributed by atoms with Crippen LogP contribution in [0.2, 0.25) is 0 Å². The summed E-state index contributed by atoms with van der Waals surface area (Å²) in [7, 11) is 3.20. The lowest BCUT2D eigenvalue weighted by molar-refractivity contribution is -0.401. The second-order valence-corrected chi connectivity index (χ2v) is 7.18. The van der Waals surface area contributed by atoms with Crippen molar-refractivity contribution in [2.24, 2.45) is 5.92 Å². The molecule has 1 saturated carbocycles. The summed E-state index contributed by atoms with van der Waals surface area (Å²) < 4.78 is 1.47. The Labute approximate surface area is 142 Å². The predicted octanol–water partition coefficient (Wildman–Crippen LogP) is 0.431. The Hall–Kier alpha value is -1.76. The van der Waals surface area contributed by atoms with E-state index in [-0.39, 0.29) is 35.8 Å². The molecule has 1 saturated heterocycles. The number of urea groups is 1. The summed E-state index contributed by atoms with van der Waals surface area (Å²) in [4.78, 5) is 39.7. The van der Waals surface area contributed by atoms with E-state index >= 15 is 0 Å². The number of nitrogens with one attached hydrogen (secondary N) is 1. The summed E-state index contributed by atoms with van der Waals surface area (Å²) in [6.07, 6.45) is 7.74. The van der Waals surface area contributed by atoms with Crippen LogP contribution in [-0.2, 0) is 9.59 Å². The molecule has 2 fully saturated rings. The smallest absolute Gasteiger partial charge is 0.353 e. The average Bonchev–Trinajstić information content (AvgIpc) is 3.12. The number of hydrogen-bond acceptors (Lipinski definition) is 4. The first-order valence-electron chi connectivity index (χ1n) is 8.91. The molecule has 2 heterocycles. The van der Waals surface area contributed by atoms with E-state index in [0.29, 0.717) is 0 Å². The lowest BCUT2D eigenvalue weighted by atomic mass is 10.0. The number of likely N-dealkylation sites (N-methyl/N-ethyl adjacent to an activating group) is 1. The van der Waals surface area contributed by atoms with Gasteiger partial charge in [0.1, 0.15) is 6.21 Å². The molecule has 0 aromatic heterocycles. The van der Waals surface area contributed by atoms with E-state index in [0.717, 1.165) is 51.6 Å². The lowest BCUT2D eigenvalue weighted by Crippen LogP contribution is -2.59. The van der Waals surface area contributed by atoms with E-state index in [1.54, 1.807) is 13.3 Å². The van der Waals surface area contributed by atoms with Crippen LogP contribution >= 0.6 is 0 Å². The summed E-state index contributed by atoms with van der Waals surface area (Å²) in [5, 5.41) is 3.18. The van der Waals surface area contributed by atoms with Gasteiger partial charge in [-0.1, -0.05) is 12.8 Å². The van der Waals surface area contributed by atoms with Gasteiger partial charge in [0.25, 0.3) is 0 Å². The van der Waals surface area contributed by atoms with Gasteiger partial charge < -0.3 is 5.32 Å². The van der Waals surface area contributed by atoms with Gasteiger partial charge in [-0.25, -0.2) is 9.37 Å². The maximum absolute atomic E-state index is 12.3. The standard InChI is InChI=1S/C17H26N4O3/c1-19-11-14(16(23)20(2)17(19)24)21-9-7-13(8-10-21)18-15(22)12-5-3-4-6-12/h11-14H,3-10H2,1-2H3/p+1. The SMILES string of the molecule is CN1C(=O)C(N2CCC(NC(=O)C3CCCC3)CC2)C=[N+](C)C1=O. The van der Waals surface area contributed by atoms with Crippen LogP contribution in [0, 0.1) is 5.92 Å². The minimum absolute atomic E-state index is 0.174. The van der Waals surface area contributed by atoms with Crippen molar-refractivity contribution in [3.05, 3.63) is 0 Å². The largest absolute Gasteiger partial charge is 0.500 e. The van der Waals surface area contributed by atoms with Crippen LogP contribution in [0.25, 0.3) is 0 Å². The molecule has 3 aliphatic rings. The molecule has 2 aliphatic heterocycles. The lowest BCUT2D eigenvalue weighted by Gasteiger charge is -2.36. The van der Waals surface area contributed by atoms with E-state index in [4.69, 9.17) is 0 Å². The number of imide groups is 1. The van der Waals surface area contributed by atoms with E-state index in [1.165, 1.54) is 16.5 Å². The molecule has 0 spiro atoms. The minimum atomic E-state index is -0.385. The van der Waals surface area contributed by atoms with Crippen molar-refractivity contribution in [2.75, 3.05) is 27.2 Å². The van der Waals surface area contributed by atoms with E-state index < -0.39 is 0 Å². The Bertz CT molecular complexity index is 560. The van der Waals surface area contributed by atoms with E-state index in [1.807, 2.05) is 0 Å². The van der Waals surface area contributed by atoms with Crippen molar-refractivity contribution < 1.29 is 19.0 Å². The van der Waals surface area contributed by atoms with E-state index in [2.05, 4.69) is 10.2 Å². The number of rotatable bonds is 3. The fourth-order valence-corrected chi connectivity index (χ4v) is 3.95. The highest BCUT2D eigenvalue weighted by atomic mass is 16.2. The Morgan fingerprint density at radius 2 is 1.79 bits per heavy atom. The third-order valence-electron chi connectivity index (χ3n) is 5.53. The summed E-state index contributed by atoms with van der Waals surface area (Å²) in [5.74, 6) is 0.229. The molecule has 1 unspecified atom stereocenters. The molecule has 3 rings (SSSR count). The molecule has 7 heteroatoms. The van der Waals surface area contributed by atoms with Crippen LogP contribution in [0.15, 0.2) is 0 Å². The van der Waals surface area contributed by atoms with Gasteiger partial charge in [0.2, 0.25) is 5.91 Å². The predicted molar refractivity (Wildman–Crippen MR) is 88.9 cm³/mol. The molecular formula is C17H27N4O3+. The van der Waals surface area contributed by atoms with Crippen LogP contribution < -0.4 is 5.32 Å². The Balaban J connectivity index is 1.54. The van der Waals surface area contributed by atoms with Gasteiger partial charge in [-0.15, -0.1) is 0 Å². The van der Waals surface area contributed by atoms with Crippen LogP contribution in [0.3, 0.4) is 0 Å². The van der Waals surface area contributed by atoms with Crippen molar-refractivity contribution in [2.45, 2.75) is 50.6 Å². The second kappa shape index (κ2) is 7.01. The van der Waals surface area contributed by atoms with Crippen molar-refractivity contribution in [3.63, 3.8) is 0 Å². The average molecular weight is 335 g/mol. The van der Waals surface area contributed by atoms with Crippen LogP contribution in [0.4, 0.5) is 4.79 Å². The molecule has 7 nitrogen and oxygen atoms in total. The summed E-state index contributed by atoms with van der Waals surface area (Å²) in [6.45, 7) is 1.50. The number of likely N-dealkylation sites (tertiary alicyclic amines) is 1. The molecule has 4 amide bonds. The summed E-state index contributed by atoms with van der Waals surface area (Å²) >= 11 is 0. The zero-order valence-electron chi connectivity index (χ0n) is 14.5. The van der Waals surface area contributed by atoms with Crippen molar-refractivity contribution in [1.82, 2.24) is 15.1 Å². The molecule has 0 aromatic rings. The Morgan fingerprint density at radius 1 is 1.17 bits per heavy atom. The molecule has 0 aromatic carbocycles. The van der Waals surface area contributed by atoms with Gasteiger partial charge in [-0.05, 0) is 25.7 Å². The van der Waals surface area contributed by atoms with Crippen LogP contribution in [0.5, 0.6) is 0 Å². The minimum Gasteiger partial charge on any atom is -0.353 e. The summed E-state index contributed by atoms with van der Waals surface area (Å²) in [6, 6.07) is -0.482. The molecule has 0 bridgehead atoms. The number of amides is 4. The van der Waals surface area contributed by atoms with Crippen molar-refractivity contribution in [1.29, 1.82) is 0 Å². The molecule has 0 radical (unpaired) electrons. The molecule has 132 valence electrons. The number of carbonyl (C=O) groups is 3. The molecule has 24 heavy (non-hydrogen) atoms. The van der Waals surface area contributed by atoms with Gasteiger partial charge in [0.15, 0.2) is 6.04 Å². The summed E-state index contributed by atoms with van der Waals surface area (Å²) in [5.41, 5.74) is 0. The van der Waals surface area contributed by atoms with Crippen molar-refractivity contribution in [3.8, 4) is 0 Å². The van der Waals surface area contributed by atoms with Crippen LogP contribution in [-0.4, -0.2) is 77.7 Å². The third kappa shape index (κ3) is 3.36. The number of hydrogen-bond donors (Lipinski definition) is 1. The molecule has 1 aliphatic carbocycles. The van der Waals surface area contributed by atoms with Gasteiger partial charge in [-0.2, -0.15) is 9.69 Å². The second-order valence-electron chi connectivity index (χ2n) is 7.18. The maximum Gasteiger partial charge on any atom is 0.500 e. The number of piperidine rings is 1. The highest BCUT2D eigenvalue weighted by molar-refractivity contribution is 6.06. The van der Waals surface area contributed by atoms with Gasteiger partial charge >= 0.3 is 11.9 Å². The first-order valence-corrected chi connectivity index (χ1v) is 8.91. The molecule has 1 N–H and O–H groups in total. The van der Waals surface area contributed by atoms with Crippen molar-refractivity contribution >= 4 is 24.1 Å². The zero-order valence-corrected chi connectivity index (χ0v) is 14.5. The fourth-order valence-electron chi connectivity index (χ4n) is 3.95. The van der Waals surface area contributed by atoms with Gasteiger partial charge in [0.05, 0.1) is 14.1 Å². The quantitative estimate of drug-likeness (QED) is 0.759. The van der Waals surface area contributed by atoms with Crippen LogP contribution in [0.1, 0.15) is 38.5 Å². The van der Waals surface area contributed by atoms with Gasteiger partial charge in [0, 0.05) is 25.0 Å². The highest BCUT2D eigenvalue weighted by Crippen LogP contribution is 2.25. The first-order chi connectivity index (χ1) is 11.5. The topological polar surface area (TPSA) is 72.7 Å². The Morgan fingerprint density at radius 3 is 2.42 bits per heavy atom.